The van der Waals surface area contributed by atoms with Crippen LogP contribution in [0.25, 0.3) is 10.8 Å². The first-order chi connectivity index (χ1) is 14.0. The number of carbonyl (C=O) groups is 2. The maximum Gasteiger partial charge on any atom is 0.259 e. The van der Waals surface area contributed by atoms with Crippen LogP contribution in [0, 0.1) is 6.92 Å². The number of rotatable bonds is 6. The van der Waals surface area contributed by atoms with Gasteiger partial charge >= 0.3 is 0 Å². The lowest BCUT2D eigenvalue weighted by Crippen LogP contribution is -2.30. The molecule has 29 heavy (non-hydrogen) atoms. The van der Waals surface area contributed by atoms with Crippen molar-refractivity contribution in [1.82, 2.24) is 5.32 Å². The number of anilines is 1. The molecule has 6 heteroatoms. The predicted octanol–water partition coefficient (Wildman–Crippen LogP) is 3.76. The molecular formula is C23H22N2O4. The van der Waals surface area contributed by atoms with Gasteiger partial charge in [-0.2, -0.15) is 0 Å². The van der Waals surface area contributed by atoms with Crippen molar-refractivity contribution in [2.45, 2.75) is 25.8 Å². The zero-order valence-electron chi connectivity index (χ0n) is 16.1. The lowest BCUT2D eigenvalue weighted by atomic mass is 10.0. The molecule has 1 aliphatic carbocycles. The van der Waals surface area contributed by atoms with E-state index in [9.17, 15) is 14.7 Å². The Hall–Kier alpha value is -3.54. The molecule has 1 saturated carbocycles. The van der Waals surface area contributed by atoms with E-state index in [0.717, 1.165) is 29.2 Å². The summed E-state index contributed by atoms with van der Waals surface area (Å²) < 4.78 is 5.73. The van der Waals surface area contributed by atoms with E-state index in [1.165, 1.54) is 6.07 Å². The van der Waals surface area contributed by atoms with Crippen molar-refractivity contribution >= 4 is 28.3 Å². The molecular weight excluding hydrogens is 368 g/mol. The van der Waals surface area contributed by atoms with Crippen LogP contribution in [0.15, 0.2) is 54.6 Å². The Bertz CT molecular complexity index is 1090. The number of phenols is 1. The first-order valence-electron chi connectivity index (χ1n) is 9.55. The van der Waals surface area contributed by atoms with Crippen LogP contribution in [-0.2, 0) is 4.79 Å². The van der Waals surface area contributed by atoms with Gasteiger partial charge in [0.1, 0.15) is 11.5 Å². The molecule has 0 bridgehead atoms. The van der Waals surface area contributed by atoms with E-state index in [1.54, 1.807) is 31.2 Å². The summed E-state index contributed by atoms with van der Waals surface area (Å²) in [5.74, 6) is -0.0518. The van der Waals surface area contributed by atoms with Crippen molar-refractivity contribution in [2.75, 3.05) is 11.9 Å². The number of benzene rings is 3. The van der Waals surface area contributed by atoms with Crippen molar-refractivity contribution in [2.24, 2.45) is 0 Å². The summed E-state index contributed by atoms with van der Waals surface area (Å²) >= 11 is 0. The number of ether oxygens (including phenoxy) is 1. The molecule has 0 spiro atoms. The largest absolute Gasteiger partial charge is 0.508 e. The number of aryl methyl sites for hydroxylation is 1. The maximum atomic E-state index is 13.0. The SMILES string of the molecule is Cc1cc(O)ccc1NC(=O)c1cc2ccccc2cc1OCC(=O)NC1CC1. The molecule has 3 aromatic carbocycles. The lowest BCUT2D eigenvalue weighted by Gasteiger charge is -2.14. The van der Waals surface area contributed by atoms with Crippen LogP contribution in [0.5, 0.6) is 11.5 Å². The molecule has 4 rings (SSSR count). The average molecular weight is 390 g/mol. The number of fused-ring (bicyclic) bond motifs is 1. The predicted molar refractivity (Wildman–Crippen MR) is 111 cm³/mol. The van der Waals surface area contributed by atoms with Crippen LogP contribution < -0.4 is 15.4 Å². The van der Waals surface area contributed by atoms with Gasteiger partial charge in [0.25, 0.3) is 11.8 Å². The number of carbonyl (C=O) groups excluding carboxylic acids is 2. The summed E-state index contributed by atoms with van der Waals surface area (Å²) in [4.78, 5) is 25.0. The Labute approximate surface area is 168 Å². The van der Waals surface area contributed by atoms with E-state index in [2.05, 4.69) is 10.6 Å². The number of hydrogen-bond acceptors (Lipinski definition) is 4. The molecule has 2 amide bonds. The number of amides is 2. The molecule has 0 aromatic heterocycles. The second-order valence-electron chi connectivity index (χ2n) is 7.28. The summed E-state index contributed by atoms with van der Waals surface area (Å²) in [6.07, 6.45) is 2.00. The van der Waals surface area contributed by atoms with E-state index in [0.29, 0.717) is 17.0 Å². The summed E-state index contributed by atoms with van der Waals surface area (Å²) in [6.45, 7) is 1.66. The van der Waals surface area contributed by atoms with Gasteiger partial charge < -0.3 is 20.5 Å². The normalized spacial score (nSPS) is 13.1. The van der Waals surface area contributed by atoms with Crippen molar-refractivity contribution in [3.63, 3.8) is 0 Å². The summed E-state index contributed by atoms with van der Waals surface area (Å²) in [5.41, 5.74) is 1.68. The second-order valence-corrected chi connectivity index (χ2v) is 7.28. The molecule has 6 nitrogen and oxygen atoms in total. The van der Waals surface area contributed by atoms with E-state index in [1.807, 2.05) is 24.3 Å². The summed E-state index contributed by atoms with van der Waals surface area (Å²) in [5, 5.41) is 17.1. The van der Waals surface area contributed by atoms with E-state index in [-0.39, 0.29) is 30.2 Å². The molecule has 0 aliphatic heterocycles. The number of aromatic hydroxyl groups is 1. The number of phenolic OH excluding ortho intramolecular Hbond substituents is 1. The molecule has 0 saturated heterocycles. The molecule has 1 aliphatic rings. The minimum atomic E-state index is -0.345. The topological polar surface area (TPSA) is 87.7 Å². The van der Waals surface area contributed by atoms with E-state index >= 15 is 0 Å². The first kappa shape index (κ1) is 18.8. The molecule has 0 radical (unpaired) electrons. The highest BCUT2D eigenvalue weighted by atomic mass is 16.5. The second kappa shape index (κ2) is 7.83. The average Bonchev–Trinajstić information content (AvgIpc) is 3.51. The number of nitrogens with one attached hydrogen (secondary N) is 2. The smallest absolute Gasteiger partial charge is 0.259 e. The van der Waals surface area contributed by atoms with Crippen molar-refractivity contribution in [1.29, 1.82) is 0 Å². The Kier molecular flexibility index (Phi) is 5.08. The van der Waals surface area contributed by atoms with Gasteiger partial charge in [0.15, 0.2) is 6.61 Å². The first-order valence-corrected chi connectivity index (χ1v) is 9.55. The fourth-order valence-corrected chi connectivity index (χ4v) is 3.13. The zero-order chi connectivity index (χ0) is 20.4. The highest BCUT2D eigenvalue weighted by molar-refractivity contribution is 6.09. The van der Waals surface area contributed by atoms with Gasteiger partial charge in [-0.25, -0.2) is 0 Å². The van der Waals surface area contributed by atoms with Crippen molar-refractivity contribution < 1.29 is 19.4 Å². The Balaban J connectivity index is 1.61. The molecule has 0 unspecified atom stereocenters. The third kappa shape index (κ3) is 4.48. The quantitative estimate of drug-likeness (QED) is 0.559. The maximum absolute atomic E-state index is 13.0. The minimum absolute atomic E-state index is 0.136. The van der Waals surface area contributed by atoms with Gasteiger partial charge in [-0.05, 0) is 66.4 Å². The van der Waals surface area contributed by atoms with Crippen LogP contribution >= 0.6 is 0 Å². The van der Waals surface area contributed by atoms with Crippen LogP contribution in [0.4, 0.5) is 5.69 Å². The van der Waals surface area contributed by atoms with Crippen LogP contribution in [0.3, 0.4) is 0 Å². The zero-order valence-corrected chi connectivity index (χ0v) is 16.1. The Morgan fingerprint density at radius 1 is 1.07 bits per heavy atom. The molecule has 3 aromatic rings. The summed E-state index contributed by atoms with van der Waals surface area (Å²) in [7, 11) is 0. The Morgan fingerprint density at radius 3 is 2.48 bits per heavy atom. The van der Waals surface area contributed by atoms with Gasteiger partial charge in [0.2, 0.25) is 0 Å². The fourth-order valence-electron chi connectivity index (χ4n) is 3.13. The van der Waals surface area contributed by atoms with Gasteiger partial charge in [-0.3, -0.25) is 9.59 Å². The molecule has 148 valence electrons. The van der Waals surface area contributed by atoms with Crippen LogP contribution in [0.1, 0.15) is 28.8 Å². The van der Waals surface area contributed by atoms with Crippen LogP contribution in [-0.4, -0.2) is 29.6 Å². The van der Waals surface area contributed by atoms with E-state index in [4.69, 9.17) is 4.74 Å². The number of hydrogen-bond donors (Lipinski definition) is 3. The van der Waals surface area contributed by atoms with Gasteiger partial charge in [0.05, 0.1) is 5.56 Å². The van der Waals surface area contributed by atoms with Gasteiger partial charge in [-0.1, -0.05) is 24.3 Å². The highest BCUT2D eigenvalue weighted by Crippen LogP contribution is 2.28. The molecule has 3 N–H and O–H groups in total. The minimum Gasteiger partial charge on any atom is -0.508 e. The van der Waals surface area contributed by atoms with Crippen molar-refractivity contribution in [3.05, 3.63) is 65.7 Å². The van der Waals surface area contributed by atoms with Crippen LogP contribution in [0.2, 0.25) is 0 Å². The third-order valence-electron chi connectivity index (χ3n) is 4.85. The highest BCUT2D eigenvalue weighted by Gasteiger charge is 2.24. The van der Waals surface area contributed by atoms with E-state index < -0.39 is 0 Å². The third-order valence-corrected chi connectivity index (χ3v) is 4.85. The molecule has 0 atom stereocenters. The molecule has 0 heterocycles. The van der Waals surface area contributed by atoms with Crippen molar-refractivity contribution in [3.8, 4) is 11.5 Å². The Morgan fingerprint density at radius 2 is 1.79 bits per heavy atom. The lowest BCUT2D eigenvalue weighted by molar-refractivity contribution is -0.123. The summed E-state index contributed by atoms with van der Waals surface area (Å²) in [6, 6.07) is 16.2. The monoisotopic (exact) mass is 390 g/mol. The fraction of sp³-hybridized carbons (Fsp3) is 0.217. The molecule has 1 fully saturated rings. The standard InChI is InChI=1S/C23H22N2O4/c1-14-10-18(26)8-9-20(14)25-23(28)19-11-15-4-2-3-5-16(15)12-21(19)29-13-22(27)24-17-6-7-17/h2-5,8-12,17,26H,6-7,13H2,1H3,(H,24,27)(H,25,28). The van der Waals surface area contributed by atoms with Gasteiger partial charge in [0, 0.05) is 11.7 Å². The van der Waals surface area contributed by atoms with Gasteiger partial charge in [-0.15, -0.1) is 0 Å².